The molecule has 1 aromatic heterocycles. The summed E-state index contributed by atoms with van der Waals surface area (Å²) in [6, 6.07) is 9.62. The summed E-state index contributed by atoms with van der Waals surface area (Å²) in [6.07, 6.45) is 0. The standard InChI is InChI=1S/C15H15BN2O3S/c1-15(18,8-17)9-20-11-5-4-10-7-21-16(19)14(10)13(11)12-3-2-6-22-12/h2-6,19H,7,9,18H2,1H3/t15-/m0/s1. The van der Waals surface area contributed by atoms with Gasteiger partial charge >= 0.3 is 7.12 Å². The maximum absolute atomic E-state index is 10.1. The van der Waals surface area contributed by atoms with Crippen molar-refractivity contribution >= 4 is 23.9 Å². The molecule has 1 aromatic carbocycles. The molecule has 3 rings (SSSR count). The maximum Gasteiger partial charge on any atom is 0.492 e. The van der Waals surface area contributed by atoms with Crippen LogP contribution in [0.25, 0.3) is 10.4 Å². The summed E-state index contributed by atoms with van der Waals surface area (Å²) in [6.45, 7) is 2.06. The molecule has 2 aromatic rings. The number of rotatable bonds is 4. The van der Waals surface area contributed by atoms with E-state index in [4.69, 9.17) is 20.4 Å². The van der Waals surface area contributed by atoms with E-state index in [1.807, 2.05) is 35.7 Å². The number of hydrogen-bond acceptors (Lipinski definition) is 6. The molecule has 1 aliphatic heterocycles. The zero-order chi connectivity index (χ0) is 15.7. The van der Waals surface area contributed by atoms with Crippen molar-refractivity contribution in [1.29, 1.82) is 5.26 Å². The molecule has 0 radical (unpaired) electrons. The van der Waals surface area contributed by atoms with Crippen molar-refractivity contribution in [2.24, 2.45) is 5.73 Å². The lowest BCUT2D eigenvalue weighted by Crippen LogP contribution is -2.41. The summed E-state index contributed by atoms with van der Waals surface area (Å²) in [4.78, 5) is 0.979. The van der Waals surface area contributed by atoms with Gasteiger partial charge in [-0.25, -0.2) is 0 Å². The number of thiophene rings is 1. The second kappa shape index (κ2) is 5.74. The highest BCUT2D eigenvalue weighted by Crippen LogP contribution is 2.35. The summed E-state index contributed by atoms with van der Waals surface area (Å²) >= 11 is 1.55. The van der Waals surface area contributed by atoms with Crippen molar-refractivity contribution in [3.05, 3.63) is 35.2 Å². The van der Waals surface area contributed by atoms with Crippen LogP contribution in [-0.4, -0.2) is 24.3 Å². The van der Waals surface area contributed by atoms with Crippen molar-refractivity contribution in [3.8, 4) is 22.3 Å². The van der Waals surface area contributed by atoms with Crippen molar-refractivity contribution in [3.63, 3.8) is 0 Å². The molecule has 0 saturated heterocycles. The smallest absolute Gasteiger partial charge is 0.490 e. The van der Waals surface area contributed by atoms with Gasteiger partial charge in [0.25, 0.3) is 0 Å². The molecule has 0 aliphatic carbocycles. The van der Waals surface area contributed by atoms with Gasteiger partial charge in [0.1, 0.15) is 17.9 Å². The number of nitrogens with two attached hydrogens (primary N) is 1. The van der Waals surface area contributed by atoms with Gasteiger partial charge in [-0.15, -0.1) is 11.3 Å². The quantitative estimate of drug-likeness (QED) is 0.829. The fraction of sp³-hybridized carbons (Fsp3) is 0.267. The van der Waals surface area contributed by atoms with Crippen LogP contribution in [-0.2, 0) is 11.3 Å². The second-order valence-corrected chi connectivity index (χ2v) is 6.42. The summed E-state index contributed by atoms with van der Waals surface area (Å²) in [5.41, 5.74) is 7.23. The van der Waals surface area contributed by atoms with E-state index in [1.165, 1.54) is 0 Å². The molecule has 7 heteroatoms. The Morgan fingerprint density at radius 1 is 1.55 bits per heavy atom. The SMILES string of the molecule is C[C@](N)(C#N)COc1ccc2c(c1-c1cccs1)B(O)OC2. The van der Waals surface area contributed by atoms with Gasteiger partial charge < -0.3 is 20.1 Å². The highest BCUT2D eigenvalue weighted by molar-refractivity contribution is 7.13. The Kier molecular flexibility index (Phi) is 3.93. The first-order valence-electron chi connectivity index (χ1n) is 6.84. The van der Waals surface area contributed by atoms with E-state index in [-0.39, 0.29) is 6.61 Å². The van der Waals surface area contributed by atoms with E-state index in [2.05, 4.69) is 0 Å². The molecule has 0 amide bonds. The van der Waals surface area contributed by atoms with Gasteiger partial charge in [0.2, 0.25) is 0 Å². The molecular weight excluding hydrogens is 299 g/mol. The van der Waals surface area contributed by atoms with E-state index < -0.39 is 12.7 Å². The van der Waals surface area contributed by atoms with Gasteiger partial charge in [-0.05, 0) is 30.0 Å². The summed E-state index contributed by atoms with van der Waals surface area (Å²) in [7, 11) is -0.962. The van der Waals surface area contributed by atoms with Crippen LogP contribution >= 0.6 is 11.3 Å². The van der Waals surface area contributed by atoms with Crippen molar-refractivity contribution < 1.29 is 14.4 Å². The first-order valence-corrected chi connectivity index (χ1v) is 7.72. The average molecular weight is 314 g/mol. The molecule has 112 valence electrons. The van der Waals surface area contributed by atoms with E-state index in [9.17, 15) is 5.02 Å². The molecule has 1 atom stereocenters. The van der Waals surface area contributed by atoms with Gasteiger partial charge in [-0.3, -0.25) is 0 Å². The van der Waals surface area contributed by atoms with Crippen LogP contribution in [0.15, 0.2) is 29.6 Å². The summed E-state index contributed by atoms with van der Waals surface area (Å²) < 4.78 is 11.1. The topological polar surface area (TPSA) is 88.5 Å². The molecule has 0 unspecified atom stereocenters. The third-order valence-corrected chi connectivity index (χ3v) is 4.38. The lowest BCUT2D eigenvalue weighted by atomic mass is 9.75. The minimum atomic E-state index is -1.07. The predicted octanol–water partition coefficient (Wildman–Crippen LogP) is 1.25. The Bertz CT molecular complexity index is 725. The zero-order valence-corrected chi connectivity index (χ0v) is 12.9. The van der Waals surface area contributed by atoms with E-state index in [1.54, 1.807) is 18.3 Å². The van der Waals surface area contributed by atoms with E-state index in [0.29, 0.717) is 12.4 Å². The number of ether oxygens (including phenoxy) is 1. The molecule has 1 aliphatic rings. The predicted molar refractivity (Wildman–Crippen MR) is 85.9 cm³/mol. The van der Waals surface area contributed by atoms with E-state index in [0.717, 1.165) is 21.5 Å². The fourth-order valence-electron chi connectivity index (χ4n) is 2.36. The summed E-state index contributed by atoms with van der Waals surface area (Å²) in [5.74, 6) is 0.595. The minimum absolute atomic E-state index is 0.0671. The van der Waals surface area contributed by atoms with Gasteiger partial charge in [0, 0.05) is 15.9 Å². The molecule has 0 fully saturated rings. The highest BCUT2D eigenvalue weighted by Gasteiger charge is 2.33. The van der Waals surface area contributed by atoms with E-state index >= 15 is 0 Å². The Labute approximate surface area is 133 Å². The van der Waals surface area contributed by atoms with Crippen LogP contribution in [0.5, 0.6) is 5.75 Å². The summed E-state index contributed by atoms with van der Waals surface area (Å²) in [5, 5.41) is 21.1. The van der Waals surface area contributed by atoms with Crippen LogP contribution < -0.4 is 15.9 Å². The molecule has 22 heavy (non-hydrogen) atoms. The number of benzene rings is 1. The van der Waals surface area contributed by atoms with Gasteiger partial charge in [0.05, 0.1) is 12.7 Å². The Morgan fingerprint density at radius 3 is 3.05 bits per heavy atom. The number of nitriles is 1. The average Bonchev–Trinajstić information content (AvgIpc) is 3.15. The fourth-order valence-corrected chi connectivity index (χ4v) is 3.15. The Morgan fingerprint density at radius 2 is 2.36 bits per heavy atom. The molecule has 0 saturated carbocycles. The molecule has 2 heterocycles. The normalized spacial score (nSPS) is 16.0. The largest absolute Gasteiger partial charge is 0.492 e. The molecular formula is C15H15BN2O3S. The van der Waals surface area contributed by atoms with Crippen molar-refractivity contribution in [1.82, 2.24) is 0 Å². The lowest BCUT2D eigenvalue weighted by Gasteiger charge is -2.19. The van der Waals surface area contributed by atoms with Crippen LogP contribution in [0, 0.1) is 11.3 Å². The minimum Gasteiger partial charge on any atom is -0.490 e. The van der Waals surface area contributed by atoms with Crippen LogP contribution in [0.4, 0.5) is 0 Å². The third-order valence-electron chi connectivity index (χ3n) is 3.49. The van der Waals surface area contributed by atoms with Crippen molar-refractivity contribution in [2.45, 2.75) is 19.1 Å². The monoisotopic (exact) mass is 314 g/mol. The maximum atomic E-state index is 10.1. The van der Waals surface area contributed by atoms with Crippen LogP contribution in [0.2, 0.25) is 0 Å². The molecule has 0 spiro atoms. The first kappa shape index (κ1) is 15.1. The number of fused-ring (bicyclic) bond motifs is 1. The first-order chi connectivity index (χ1) is 10.5. The number of hydrogen-bond donors (Lipinski definition) is 2. The van der Waals surface area contributed by atoms with Gasteiger partial charge in [-0.2, -0.15) is 5.26 Å². The number of nitrogens with zero attached hydrogens (tertiary/aromatic N) is 1. The van der Waals surface area contributed by atoms with Crippen LogP contribution in [0.3, 0.4) is 0 Å². The molecule has 3 N–H and O–H groups in total. The Hall–Kier alpha value is -1.85. The van der Waals surface area contributed by atoms with Crippen molar-refractivity contribution in [2.75, 3.05) is 6.61 Å². The zero-order valence-electron chi connectivity index (χ0n) is 12.1. The molecule has 5 nitrogen and oxygen atoms in total. The van der Waals surface area contributed by atoms with Gasteiger partial charge in [0.15, 0.2) is 0 Å². The third kappa shape index (κ3) is 2.74. The van der Waals surface area contributed by atoms with Gasteiger partial charge in [-0.1, -0.05) is 12.1 Å². The lowest BCUT2D eigenvalue weighted by molar-refractivity contribution is 0.266. The molecule has 0 bridgehead atoms. The Balaban J connectivity index is 2.04. The highest BCUT2D eigenvalue weighted by atomic mass is 32.1. The second-order valence-electron chi connectivity index (χ2n) is 5.47. The van der Waals surface area contributed by atoms with Crippen LogP contribution in [0.1, 0.15) is 12.5 Å².